The zero-order chi connectivity index (χ0) is 19.2. The maximum Gasteiger partial charge on any atom is 0.340 e. The molecule has 3 aromatic rings. The minimum Gasteiger partial charge on any atom is -0.465 e. The highest BCUT2D eigenvalue weighted by molar-refractivity contribution is 6.04. The van der Waals surface area contributed by atoms with Crippen molar-refractivity contribution >= 4 is 16.9 Å². The van der Waals surface area contributed by atoms with Crippen LogP contribution in [0.15, 0.2) is 54.7 Å². The van der Waals surface area contributed by atoms with Crippen molar-refractivity contribution in [3.8, 4) is 17.7 Å². The smallest absolute Gasteiger partial charge is 0.340 e. The molecule has 138 valence electrons. The van der Waals surface area contributed by atoms with Gasteiger partial charge in [-0.05, 0) is 38.0 Å². The normalized spacial score (nSPS) is 11.5. The first kappa shape index (κ1) is 18.6. The van der Waals surface area contributed by atoms with Gasteiger partial charge >= 0.3 is 5.97 Å². The van der Waals surface area contributed by atoms with Crippen LogP contribution >= 0.6 is 0 Å². The number of benzene rings is 2. The minimum absolute atomic E-state index is 0.365. The number of para-hydroxylation sites is 2. The van der Waals surface area contributed by atoms with E-state index >= 15 is 0 Å². The van der Waals surface area contributed by atoms with Gasteiger partial charge in [0.15, 0.2) is 6.29 Å². The maximum absolute atomic E-state index is 12.0. The molecule has 5 heteroatoms. The van der Waals surface area contributed by atoms with E-state index < -0.39 is 0 Å². The standard InChI is InChI=1S/C22H21NO4/c1-4-26-16(2)27-21-12-8-5-9-17(21)13-14-23-15-19(22(24)25-3)18-10-6-7-11-20(18)23/h5-12,15-16H,4H2,1-3H3. The van der Waals surface area contributed by atoms with Gasteiger partial charge in [0.2, 0.25) is 0 Å². The first-order chi connectivity index (χ1) is 13.1. The van der Waals surface area contributed by atoms with Crippen LogP contribution in [0.1, 0.15) is 29.8 Å². The van der Waals surface area contributed by atoms with Crippen LogP contribution in [0.3, 0.4) is 0 Å². The summed E-state index contributed by atoms with van der Waals surface area (Å²) in [5.74, 6) is 3.38. The lowest BCUT2D eigenvalue weighted by Gasteiger charge is -2.15. The fourth-order valence-electron chi connectivity index (χ4n) is 2.79. The van der Waals surface area contributed by atoms with Crippen molar-refractivity contribution < 1.29 is 19.0 Å². The number of ether oxygens (including phenoxy) is 3. The van der Waals surface area contributed by atoms with Crippen molar-refractivity contribution in [1.82, 2.24) is 4.57 Å². The lowest BCUT2D eigenvalue weighted by molar-refractivity contribution is -0.0614. The first-order valence-electron chi connectivity index (χ1n) is 8.71. The Kier molecular flexibility index (Phi) is 5.80. The van der Waals surface area contributed by atoms with Crippen LogP contribution in [0.5, 0.6) is 5.75 Å². The van der Waals surface area contributed by atoms with Gasteiger partial charge in [-0.2, -0.15) is 0 Å². The molecule has 3 rings (SSSR count). The molecule has 27 heavy (non-hydrogen) atoms. The Morgan fingerprint density at radius 3 is 2.67 bits per heavy atom. The average Bonchev–Trinajstić information content (AvgIpc) is 3.06. The third-order valence-electron chi connectivity index (χ3n) is 4.01. The number of esters is 1. The number of carbonyl (C=O) groups excluding carboxylic acids is 1. The van der Waals surface area contributed by atoms with E-state index in [1.807, 2.05) is 62.4 Å². The summed E-state index contributed by atoms with van der Waals surface area (Å²) < 4.78 is 17.8. The van der Waals surface area contributed by atoms with Crippen LogP contribution in [0.25, 0.3) is 10.9 Å². The van der Waals surface area contributed by atoms with Gasteiger partial charge in [0.05, 0.1) is 23.8 Å². The molecule has 0 fully saturated rings. The fraction of sp³-hybridized carbons (Fsp3) is 0.227. The Morgan fingerprint density at radius 2 is 1.89 bits per heavy atom. The van der Waals surface area contributed by atoms with Crippen molar-refractivity contribution in [2.75, 3.05) is 13.7 Å². The predicted molar refractivity (Wildman–Crippen MR) is 104 cm³/mol. The van der Waals surface area contributed by atoms with Crippen molar-refractivity contribution in [1.29, 1.82) is 0 Å². The molecule has 1 aromatic heterocycles. The average molecular weight is 363 g/mol. The largest absolute Gasteiger partial charge is 0.465 e. The molecule has 0 aliphatic rings. The number of hydrogen-bond donors (Lipinski definition) is 0. The lowest BCUT2D eigenvalue weighted by Crippen LogP contribution is -2.16. The summed E-state index contributed by atoms with van der Waals surface area (Å²) in [5.41, 5.74) is 2.06. The highest BCUT2D eigenvalue weighted by atomic mass is 16.7. The second kappa shape index (κ2) is 8.43. The highest BCUT2D eigenvalue weighted by Crippen LogP contribution is 2.22. The summed E-state index contributed by atoms with van der Waals surface area (Å²) in [6.07, 6.45) is 1.33. The maximum atomic E-state index is 12.0. The Bertz CT molecular complexity index is 1010. The van der Waals surface area contributed by atoms with Crippen LogP contribution < -0.4 is 4.74 Å². The van der Waals surface area contributed by atoms with Crippen LogP contribution in [0.4, 0.5) is 0 Å². The van der Waals surface area contributed by atoms with Crippen molar-refractivity contribution in [2.24, 2.45) is 0 Å². The molecule has 2 aromatic carbocycles. The third kappa shape index (κ3) is 4.13. The van der Waals surface area contributed by atoms with E-state index in [1.54, 1.807) is 10.8 Å². The molecule has 0 spiro atoms. The molecule has 0 aliphatic heterocycles. The summed E-state index contributed by atoms with van der Waals surface area (Å²) in [7, 11) is 1.37. The van der Waals surface area contributed by atoms with Gasteiger partial charge in [0.25, 0.3) is 0 Å². The second-order valence-electron chi connectivity index (χ2n) is 5.80. The molecule has 1 heterocycles. The summed E-state index contributed by atoms with van der Waals surface area (Å²) in [5, 5.41) is 0.799. The van der Waals surface area contributed by atoms with Crippen LogP contribution in [0.2, 0.25) is 0 Å². The van der Waals surface area contributed by atoms with E-state index in [0.717, 1.165) is 16.5 Å². The summed E-state index contributed by atoms with van der Waals surface area (Å²) in [4.78, 5) is 12.0. The zero-order valence-electron chi connectivity index (χ0n) is 15.6. The van der Waals surface area contributed by atoms with Crippen LogP contribution in [0, 0.1) is 12.0 Å². The fourth-order valence-corrected chi connectivity index (χ4v) is 2.79. The molecule has 1 unspecified atom stereocenters. The zero-order valence-corrected chi connectivity index (χ0v) is 15.6. The molecule has 1 atom stereocenters. The monoisotopic (exact) mass is 363 g/mol. The topological polar surface area (TPSA) is 49.7 Å². The Morgan fingerprint density at radius 1 is 1.15 bits per heavy atom. The SMILES string of the molecule is CCOC(C)Oc1ccccc1C#Cn1cc(C(=O)OC)c2ccccc21. The van der Waals surface area contributed by atoms with Crippen molar-refractivity contribution in [3.05, 3.63) is 65.9 Å². The van der Waals surface area contributed by atoms with E-state index in [-0.39, 0.29) is 12.3 Å². The molecule has 0 aliphatic carbocycles. The number of methoxy groups -OCH3 is 1. The van der Waals surface area contributed by atoms with Crippen LogP contribution in [-0.2, 0) is 9.47 Å². The molecule has 0 radical (unpaired) electrons. The number of aromatic nitrogens is 1. The molecule has 0 N–H and O–H groups in total. The van der Waals surface area contributed by atoms with Gasteiger partial charge in [-0.15, -0.1) is 0 Å². The number of nitrogens with zero attached hydrogens (tertiary/aromatic N) is 1. The van der Waals surface area contributed by atoms with Crippen molar-refractivity contribution in [2.45, 2.75) is 20.1 Å². The number of carbonyl (C=O) groups is 1. The Labute approximate surface area is 158 Å². The molecule has 0 amide bonds. The quantitative estimate of drug-likeness (QED) is 0.390. The van der Waals surface area contributed by atoms with E-state index in [9.17, 15) is 4.79 Å². The van der Waals surface area contributed by atoms with E-state index in [4.69, 9.17) is 14.2 Å². The van der Waals surface area contributed by atoms with E-state index in [2.05, 4.69) is 12.0 Å². The molecular formula is C22H21NO4. The molecular weight excluding hydrogens is 342 g/mol. The van der Waals surface area contributed by atoms with Gasteiger partial charge < -0.3 is 14.2 Å². The second-order valence-corrected chi connectivity index (χ2v) is 5.80. The molecule has 0 saturated heterocycles. The Hall–Kier alpha value is -3.23. The number of hydrogen-bond acceptors (Lipinski definition) is 4. The van der Waals surface area contributed by atoms with Gasteiger partial charge in [-0.25, -0.2) is 4.79 Å². The summed E-state index contributed by atoms with van der Waals surface area (Å²) >= 11 is 0. The molecule has 5 nitrogen and oxygen atoms in total. The minimum atomic E-state index is -0.388. The molecule has 0 bridgehead atoms. The summed E-state index contributed by atoms with van der Waals surface area (Å²) in [6, 6.07) is 18.2. The predicted octanol–water partition coefficient (Wildman–Crippen LogP) is 4.05. The van der Waals surface area contributed by atoms with Crippen LogP contribution in [-0.4, -0.2) is 30.5 Å². The first-order valence-corrected chi connectivity index (χ1v) is 8.71. The highest BCUT2D eigenvalue weighted by Gasteiger charge is 2.14. The van der Waals surface area contributed by atoms with Gasteiger partial charge in [-0.1, -0.05) is 30.3 Å². The van der Waals surface area contributed by atoms with Gasteiger partial charge in [-0.3, -0.25) is 4.57 Å². The number of rotatable bonds is 5. The van der Waals surface area contributed by atoms with E-state index in [0.29, 0.717) is 17.9 Å². The van der Waals surface area contributed by atoms with Gasteiger partial charge in [0.1, 0.15) is 5.75 Å². The Balaban J connectivity index is 1.99. The van der Waals surface area contributed by atoms with E-state index in [1.165, 1.54) is 7.11 Å². The summed E-state index contributed by atoms with van der Waals surface area (Å²) in [6.45, 7) is 4.33. The molecule has 0 saturated carbocycles. The lowest BCUT2D eigenvalue weighted by atomic mass is 10.2. The third-order valence-corrected chi connectivity index (χ3v) is 4.01. The van der Waals surface area contributed by atoms with Gasteiger partial charge in [0, 0.05) is 24.2 Å². The van der Waals surface area contributed by atoms with Crippen molar-refractivity contribution in [3.63, 3.8) is 0 Å². The number of fused-ring (bicyclic) bond motifs is 1.